The molecule has 6 heteroatoms. The van der Waals surface area contributed by atoms with Crippen LogP contribution in [0.5, 0.6) is 0 Å². The molecule has 2 aromatic rings. The Morgan fingerprint density at radius 1 is 1.50 bits per heavy atom. The molecule has 20 heavy (non-hydrogen) atoms. The first-order chi connectivity index (χ1) is 9.60. The minimum Gasteiger partial charge on any atom is -0.465 e. The maximum Gasteiger partial charge on any atom is 0.188 e. The molecular formula is C14H18N4O2. The minimum absolute atomic E-state index is 0.00144. The zero-order valence-corrected chi connectivity index (χ0v) is 11.5. The summed E-state index contributed by atoms with van der Waals surface area (Å²) in [5.41, 5.74) is 6.96. The van der Waals surface area contributed by atoms with Gasteiger partial charge in [0.2, 0.25) is 0 Å². The molecule has 106 valence electrons. The number of hydrogen-bond acceptors (Lipinski definition) is 5. The Morgan fingerprint density at radius 2 is 2.30 bits per heavy atom. The van der Waals surface area contributed by atoms with Gasteiger partial charge in [0.1, 0.15) is 17.2 Å². The lowest BCUT2D eigenvalue weighted by Crippen LogP contribution is -2.19. The molecule has 0 aliphatic heterocycles. The van der Waals surface area contributed by atoms with Gasteiger partial charge in [0.15, 0.2) is 5.84 Å². The third kappa shape index (κ3) is 3.36. The van der Waals surface area contributed by atoms with Crippen molar-refractivity contribution in [3.63, 3.8) is 0 Å². The highest BCUT2D eigenvalue weighted by molar-refractivity contribution is 5.95. The number of nitrogens with two attached hydrogens (primary N) is 1. The van der Waals surface area contributed by atoms with Crippen molar-refractivity contribution in [2.24, 2.45) is 10.9 Å². The topological polar surface area (TPSA) is 96.7 Å². The average Bonchev–Trinajstić information content (AvgIpc) is 2.91. The fourth-order valence-electron chi connectivity index (χ4n) is 1.83. The van der Waals surface area contributed by atoms with E-state index >= 15 is 0 Å². The van der Waals surface area contributed by atoms with Crippen LogP contribution in [0.15, 0.2) is 40.0 Å². The van der Waals surface area contributed by atoms with Gasteiger partial charge in [-0.15, -0.1) is 0 Å². The average molecular weight is 274 g/mol. The van der Waals surface area contributed by atoms with Crippen molar-refractivity contribution < 1.29 is 9.62 Å². The lowest BCUT2D eigenvalue weighted by molar-refractivity contribution is 0.318. The molecule has 2 aromatic heterocycles. The number of rotatable bonds is 5. The van der Waals surface area contributed by atoms with Crippen LogP contribution >= 0.6 is 0 Å². The first-order valence-corrected chi connectivity index (χ1v) is 6.32. The van der Waals surface area contributed by atoms with E-state index in [1.165, 1.54) is 0 Å². The van der Waals surface area contributed by atoms with E-state index in [2.05, 4.69) is 15.5 Å². The van der Waals surface area contributed by atoms with Gasteiger partial charge in [-0.3, -0.25) is 4.98 Å². The Bertz CT molecular complexity index is 607. The molecule has 4 N–H and O–H groups in total. The van der Waals surface area contributed by atoms with Gasteiger partial charge >= 0.3 is 0 Å². The second-order valence-electron chi connectivity index (χ2n) is 4.59. The first kappa shape index (κ1) is 14.1. The molecule has 0 fully saturated rings. The van der Waals surface area contributed by atoms with Crippen LogP contribution in [0.25, 0.3) is 0 Å². The van der Waals surface area contributed by atoms with E-state index in [0.29, 0.717) is 12.2 Å². The van der Waals surface area contributed by atoms with Crippen LogP contribution in [0.3, 0.4) is 0 Å². The lowest BCUT2D eigenvalue weighted by Gasteiger charge is -2.11. The molecule has 0 bridgehead atoms. The fourth-order valence-corrected chi connectivity index (χ4v) is 1.83. The molecule has 2 heterocycles. The van der Waals surface area contributed by atoms with Crippen LogP contribution in [-0.4, -0.2) is 16.0 Å². The van der Waals surface area contributed by atoms with Gasteiger partial charge in [0.25, 0.3) is 0 Å². The molecule has 1 unspecified atom stereocenters. The van der Waals surface area contributed by atoms with Gasteiger partial charge in [0.05, 0.1) is 6.04 Å². The van der Waals surface area contributed by atoms with Crippen molar-refractivity contribution in [3.05, 3.63) is 53.2 Å². The van der Waals surface area contributed by atoms with E-state index in [9.17, 15) is 0 Å². The van der Waals surface area contributed by atoms with Gasteiger partial charge in [-0.1, -0.05) is 5.16 Å². The SMILES string of the molecule is Cc1ccc(C(C)NCc2ccnc(C(N)=NO)c2)o1. The second kappa shape index (κ2) is 6.21. The molecule has 0 amide bonds. The van der Waals surface area contributed by atoms with Crippen molar-refractivity contribution in [1.82, 2.24) is 10.3 Å². The summed E-state index contributed by atoms with van der Waals surface area (Å²) in [5, 5.41) is 14.9. The smallest absolute Gasteiger partial charge is 0.188 e. The Labute approximate surface area is 117 Å². The second-order valence-corrected chi connectivity index (χ2v) is 4.59. The summed E-state index contributed by atoms with van der Waals surface area (Å²) in [6.45, 7) is 4.58. The van der Waals surface area contributed by atoms with Crippen molar-refractivity contribution in [3.8, 4) is 0 Å². The van der Waals surface area contributed by atoms with Gasteiger partial charge in [-0.05, 0) is 43.7 Å². The Hall–Kier alpha value is -2.34. The Morgan fingerprint density at radius 3 is 2.95 bits per heavy atom. The summed E-state index contributed by atoms with van der Waals surface area (Å²) in [6.07, 6.45) is 1.63. The summed E-state index contributed by atoms with van der Waals surface area (Å²) in [5.74, 6) is 1.79. The highest BCUT2D eigenvalue weighted by Gasteiger charge is 2.09. The van der Waals surface area contributed by atoms with Crippen LogP contribution in [0, 0.1) is 6.92 Å². The van der Waals surface area contributed by atoms with Gasteiger partial charge in [-0.25, -0.2) is 0 Å². The van der Waals surface area contributed by atoms with E-state index in [4.69, 9.17) is 15.4 Å². The maximum absolute atomic E-state index is 8.64. The summed E-state index contributed by atoms with van der Waals surface area (Å²) >= 11 is 0. The number of pyridine rings is 1. The van der Waals surface area contributed by atoms with Crippen LogP contribution in [0.4, 0.5) is 0 Å². The molecule has 0 aliphatic rings. The number of aryl methyl sites for hydroxylation is 1. The van der Waals surface area contributed by atoms with Gasteiger partial charge < -0.3 is 20.7 Å². The van der Waals surface area contributed by atoms with Crippen molar-refractivity contribution >= 4 is 5.84 Å². The standard InChI is InChI=1S/C14H18N4O2/c1-9-3-4-13(20-9)10(2)17-8-11-5-6-16-12(7-11)14(15)18-19/h3-7,10,17,19H,8H2,1-2H3,(H2,15,18). The number of furan rings is 1. The first-order valence-electron chi connectivity index (χ1n) is 6.32. The molecule has 1 atom stereocenters. The molecule has 0 saturated carbocycles. The van der Waals surface area contributed by atoms with E-state index in [0.717, 1.165) is 17.1 Å². The predicted octanol–water partition coefficient (Wildman–Crippen LogP) is 1.93. The van der Waals surface area contributed by atoms with Crippen molar-refractivity contribution in [2.75, 3.05) is 0 Å². The highest BCUT2D eigenvalue weighted by atomic mass is 16.4. The number of nitrogens with zero attached hydrogens (tertiary/aromatic N) is 2. The fraction of sp³-hybridized carbons (Fsp3) is 0.286. The largest absolute Gasteiger partial charge is 0.465 e. The predicted molar refractivity (Wildman–Crippen MR) is 75.4 cm³/mol. The zero-order chi connectivity index (χ0) is 14.5. The zero-order valence-electron chi connectivity index (χ0n) is 11.5. The quantitative estimate of drug-likeness (QED) is 0.335. The minimum atomic E-state index is 0.00144. The Balaban J connectivity index is 2.00. The monoisotopic (exact) mass is 274 g/mol. The molecule has 2 rings (SSSR count). The van der Waals surface area contributed by atoms with Crippen LogP contribution in [0.2, 0.25) is 0 Å². The van der Waals surface area contributed by atoms with E-state index in [-0.39, 0.29) is 11.9 Å². The maximum atomic E-state index is 8.64. The van der Waals surface area contributed by atoms with Gasteiger partial charge in [0, 0.05) is 12.7 Å². The highest BCUT2D eigenvalue weighted by Crippen LogP contribution is 2.16. The number of aromatic nitrogens is 1. The molecule has 6 nitrogen and oxygen atoms in total. The number of oxime groups is 1. The molecule has 0 radical (unpaired) electrons. The van der Waals surface area contributed by atoms with E-state index in [1.54, 1.807) is 12.3 Å². The molecule has 0 aliphatic carbocycles. The molecule has 0 saturated heterocycles. The molecule has 0 aromatic carbocycles. The summed E-state index contributed by atoms with van der Waals surface area (Å²) in [6, 6.07) is 7.66. The van der Waals surface area contributed by atoms with Crippen LogP contribution < -0.4 is 11.1 Å². The summed E-state index contributed by atoms with van der Waals surface area (Å²) < 4.78 is 5.57. The van der Waals surface area contributed by atoms with Crippen molar-refractivity contribution in [1.29, 1.82) is 0 Å². The van der Waals surface area contributed by atoms with Crippen LogP contribution in [0.1, 0.15) is 35.7 Å². The molecule has 0 spiro atoms. The third-order valence-corrected chi connectivity index (χ3v) is 2.99. The number of hydrogen-bond donors (Lipinski definition) is 3. The number of amidine groups is 1. The van der Waals surface area contributed by atoms with Crippen LogP contribution in [-0.2, 0) is 6.54 Å². The Kier molecular flexibility index (Phi) is 4.37. The summed E-state index contributed by atoms with van der Waals surface area (Å²) in [4.78, 5) is 4.04. The van der Waals surface area contributed by atoms with Crippen molar-refractivity contribution in [2.45, 2.75) is 26.4 Å². The molecular weight excluding hydrogens is 256 g/mol. The normalized spacial score (nSPS) is 13.4. The third-order valence-electron chi connectivity index (χ3n) is 2.99. The summed E-state index contributed by atoms with van der Waals surface area (Å²) in [7, 11) is 0. The van der Waals surface area contributed by atoms with E-state index in [1.807, 2.05) is 32.0 Å². The number of nitrogens with one attached hydrogen (secondary N) is 1. The van der Waals surface area contributed by atoms with Gasteiger partial charge in [-0.2, -0.15) is 0 Å². The van der Waals surface area contributed by atoms with E-state index < -0.39 is 0 Å². The lowest BCUT2D eigenvalue weighted by atomic mass is 10.2.